The zero-order valence-electron chi connectivity index (χ0n) is 22.1. The molecule has 1 N–H and O–H groups in total. The Hall–Kier alpha value is -4.08. The zero-order chi connectivity index (χ0) is 28.8. The number of carbonyl (C=O) groups is 1. The summed E-state index contributed by atoms with van der Waals surface area (Å²) < 4.78 is 68.5. The fourth-order valence-electron chi connectivity index (χ4n) is 4.52. The van der Waals surface area contributed by atoms with Gasteiger partial charge in [0.25, 0.3) is 5.91 Å². The Kier molecular flexibility index (Phi) is 6.97. The highest BCUT2D eigenvalue weighted by atomic mass is 19.4. The molecule has 3 aromatic carbocycles. The summed E-state index contributed by atoms with van der Waals surface area (Å²) in [6, 6.07) is 11.7. The van der Waals surface area contributed by atoms with Crippen molar-refractivity contribution in [3.05, 3.63) is 89.2 Å². The maximum atomic E-state index is 15.0. The molecule has 0 unspecified atom stereocenters. The summed E-state index contributed by atoms with van der Waals surface area (Å²) in [4.78, 5) is 23.3. The summed E-state index contributed by atoms with van der Waals surface area (Å²) in [7, 11) is 0. The summed E-state index contributed by atoms with van der Waals surface area (Å²) in [5.74, 6) is -1.93. The molecule has 0 atom stereocenters. The van der Waals surface area contributed by atoms with Gasteiger partial charge in [0.2, 0.25) is 0 Å². The molecule has 0 aliphatic heterocycles. The van der Waals surface area contributed by atoms with E-state index in [0.717, 1.165) is 22.5 Å². The predicted molar refractivity (Wildman–Crippen MR) is 143 cm³/mol. The highest BCUT2D eigenvalue weighted by Crippen LogP contribution is 2.35. The van der Waals surface area contributed by atoms with Gasteiger partial charge in [-0.1, -0.05) is 12.1 Å². The third kappa shape index (κ3) is 5.90. The van der Waals surface area contributed by atoms with Crippen LogP contribution >= 0.6 is 0 Å². The average Bonchev–Trinajstić information content (AvgIpc) is 3.72. The molecule has 0 spiro atoms. The van der Waals surface area contributed by atoms with Gasteiger partial charge in [-0.05, 0) is 87.2 Å². The van der Waals surface area contributed by atoms with Crippen LogP contribution < -0.4 is 5.32 Å². The molecule has 1 aliphatic carbocycles. The van der Waals surface area contributed by atoms with Gasteiger partial charge >= 0.3 is 6.18 Å². The Morgan fingerprint density at radius 1 is 0.925 bits per heavy atom. The lowest BCUT2D eigenvalue weighted by atomic mass is 10.00. The second-order valence-electron chi connectivity index (χ2n) is 11.0. The van der Waals surface area contributed by atoms with Crippen LogP contribution in [-0.4, -0.2) is 32.4 Å². The molecule has 1 aromatic heterocycles. The van der Waals surface area contributed by atoms with Gasteiger partial charge in [0.15, 0.2) is 0 Å². The number of aromatic nitrogens is 2. The van der Waals surface area contributed by atoms with Crippen LogP contribution in [0.15, 0.2) is 60.9 Å². The molecule has 1 heterocycles. The van der Waals surface area contributed by atoms with Crippen LogP contribution in [0.25, 0.3) is 22.0 Å². The van der Waals surface area contributed by atoms with Crippen LogP contribution in [0.2, 0.25) is 0 Å². The van der Waals surface area contributed by atoms with E-state index in [1.807, 2.05) is 39.0 Å². The van der Waals surface area contributed by atoms with Gasteiger partial charge in [-0.15, -0.1) is 0 Å². The zero-order valence-corrected chi connectivity index (χ0v) is 22.1. The van der Waals surface area contributed by atoms with Crippen molar-refractivity contribution in [3.63, 3.8) is 0 Å². The lowest BCUT2D eigenvalue weighted by molar-refractivity contribution is -0.137. The van der Waals surface area contributed by atoms with E-state index in [0.29, 0.717) is 36.4 Å². The lowest BCUT2D eigenvalue weighted by Gasteiger charge is -2.24. The molecule has 1 saturated carbocycles. The van der Waals surface area contributed by atoms with Crippen molar-refractivity contribution in [3.8, 4) is 11.1 Å². The van der Waals surface area contributed by atoms with Gasteiger partial charge in [-0.2, -0.15) is 13.2 Å². The van der Waals surface area contributed by atoms with E-state index in [1.54, 1.807) is 12.1 Å². The number of fused-ring (bicyclic) bond motifs is 1. The van der Waals surface area contributed by atoms with E-state index >= 15 is 0 Å². The van der Waals surface area contributed by atoms with Crippen molar-refractivity contribution in [2.75, 3.05) is 5.32 Å². The topological polar surface area (TPSA) is 58.1 Å². The first-order valence-electron chi connectivity index (χ1n) is 12.8. The fourth-order valence-corrected chi connectivity index (χ4v) is 4.52. The van der Waals surface area contributed by atoms with Crippen LogP contribution in [0.3, 0.4) is 0 Å². The average molecular weight is 555 g/mol. The van der Waals surface area contributed by atoms with Gasteiger partial charge in [0.05, 0.1) is 16.6 Å². The van der Waals surface area contributed by atoms with Gasteiger partial charge in [0.1, 0.15) is 23.8 Å². The standard InChI is InChI=1S/C30H27F5N4O/c1-29(2,3)38-27-23-13-18(5-11-26(23)36-16-37-27)17-4-10-24(31)19(12-17)15-39(21-7-8-21)28(40)22-9-6-20(14-25(22)32)30(33,34)35/h4-6,9-14,16,21H,7-8,15H2,1-3H3,(H,36,37,38). The first-order valence-corrected chi connectivity index (χ1v) is 12.8. The molecule has 5 rings (SSSR count). The molecule has 10 heteroatoms. The largest absolute Gasteiger partial charge is 0.416 e. The molecule has 0 saturated heterocycles. The number of hydrogen-bond acceptors (Lipinski definition) is 4. The Bertz CT molecular complexity index is 1590. The number of anilines is 1. The summed E-state index contributed by atoms with van der Waals surface area (Å²) in [6.45, 7) is 5.89. The van der Waals surface area contributed by atoms with Crippen molar-refractivity contribution in [1.82, 2.24) is 14.9 Å². The normalized spacial score (nSPS) is 13.9. The summed E-state index contributed by atoms with van der Waals surface area (Å²) in [6.07, 6.45) is -1.97. The monoisotopic (exact) mass is 554 g/mol. The first-order chi connectivity index (χ1) is 18.8. The van der Waals surface area contributed by atoms with E-state index in [2.05, 4.69) is 15.3 Å². The molecule has 1 fully saturated rings. The Labute approximate surface area is 228 Å². The van der Waals surface area contributed by atoms with Crippen LogP contribution in [-0.2, 0) is 12.7 Å². The van der Waals surface area contributed by atoms with Crippen LogP contribution in [0.4, 0.5) is 27.8 Å². The fraction of sp³-hybridized carbons (Fsp3) is 0.300. The minimum atomic E-state index is -4.74. The van der Waals surface area contributed by atoms with Crippen LogP contribution in [0, 0.1) is 11.6 Å². The maximum Gasteiger partial charge on any atom is 0.416 e. The Morgan fingerprint density at radius 3 is 2.27 bits per heavy atom. The quantitative estimate of drug-likeness (QED) is 0.249. The van der Waals surface area contributed by atoms with E-state index < -0.39 is 34.8 Å². The minimum Gasteiger partial charge on any atom is -0.365 e. The number of hydrogen-bond donors (Lipinski definition) is 1. The van der Waals surface area contributed by atoms with Crippen molar-refractivity contribution < 1.29 is 26.7 Å². The molecule has 208 valence electrons. The molecule has 40 heavy (non-hydrogen) atoms. The highest BCUT2D eigenvalue weighted by molar-refractivity contribution is 5.95. The second kappa shape index (κ2) is 10.1. The molecule has 0 bridgehead atoms. The lowest BCUT2D eigenvalue weighted by Crippen LogP contribution is -2.33. The predicted octanol–water partition coefficient (Wildman–Crippen LogP) is 7.61. The molecule has 5 nitrogen and oxygen atoms in total. The number of rotatable bonds is 6. The number of amides is 1. The third-order valence-corrected chi connectivity index (χ3v) is 6.62. The summed E-state index contributed by atoms with van der Waals surface area (Å²) in [5, 5.41) is 4.15. The summed E-state index contributed by atoms with van der Waals surface area (Å²) >= 11 is 0. The van der Waals surface area contributed by atoms with E-state index in [4.69, 9.17) is 0 Å². The molecular formula is C30H27F5N4O. The molecule has 0 radical (unpaired) electrons. The Morgan fingerprint density at radius 2 is 1.62 bits per heavy atom. The number of nitrogens with one attached hydrogen (secondary N) is 1. The molecule has 1 aliphatic rings. The van der Waals surface area contributed by atoms with Crippen molar-refractivity contribution in [2.24, 2.45) is 0 Å². The van der Waals surface area contributed by atoms with Crippen LogP contribution in [0.5, 0.6) is 0 Å². The number of nitrogens with zero attached hydrogens (tertiary/aromatic N) is 3. The van der Waals surface area contributed by atoms with Gasteiger partial charge < -0.3 is 10.2 Å². The van der Waals surface area contributed by atoms with E-state index in [-0.39, 0.29) is 23.7 Å². The summed E-state index contributed by atoms with van der Waals surface area (Å²) in [5.41, 5.74) is 0.502. The first kappa shape index (κ1) is 27.5. The van der Waals surface area contributed by atoms with Gasteiger partial charge in [-0.25, -0.2) is 18.7 Å². The number of alkyl halides is 3. The van der Waals surface area contributed by atoms with E-state index in [1.165, 1.54) is 17.3 Å². The molecule has 4 aromatic rings. The maximum absolute atomic E-state index is 15.0. The number of benzene rings is 3. The highest BCUT2D eigenvalue weighted by Gasteiger charge is 2.36. The number of carbonyl (C=O) groups excluding carboxylic acids is 1. The van der Waals surface area contributed by atoms with Crippen molar-refractivity contribution in [2.45, 2.75) is 57.9 Å². The third-order valence-electron chi connectivity index (χ3n) is 6.62. The smallest absolute Gasteiger partial charge is 0.365 e. The van der Waals surface area contributed by atoms with Crippen LogP contribution in [0.1, 0.15) is 55.1 Å². The molecular weight excluding hydrogens is 527 g/mol. The van der Waals surface area contributed by atoms with Crippen molar-refractivity contribution in [1.29, 1.82) is 0 Å². The van der Waals surface area contributed by atoms with Gasteiger partial charge in [0, 0.05) is 29.1 Å². The second-order valence-corrected chi connectivity index (χ2v) is 11.0. The van der Waals surface area contributed by atoms with E-state index in [9.17, 15) is 26.7 Å². The number of halogens is 5. The SMILES string of the molecule is CC(C)(C)Nc1ncnc2ccc(-c3ccc(F)c(CN(C(=O)c4ccc(C(F)(F)F)cc4F)C4CC4)c3)cc12. The Balaban J connectivity index is 1.46. The van der Waals surface area contributed by atoms with Crippen molar-refractivity contribution >= 4 is 22.6 Å². The van der Waals surface area contributed by atoms with Gasteiger partial charge in [-0.3, -0.25) is 4.79 Å². The molecule has 1 amide bonds. The minimum absolute atomic E-state index is 0.156.